The largest absolute Gasteiger partial charge is 0.508 e. The van der Waals surface area contributed by atoms with Crippen LogP contribution < -0.4 is 93.7 Å². The first-order valence-electron chi connectivity index (χ1n) is 28.1. The van der Waals surface area contributed by atoms with Crippen molar-refractivity contribution >= 4 is 88.8 Å². The molecule has 1 fully saturated rings. The molecule has 11 atom stereocenters. The second-order valence-electron chi connectivity index (χ2n) is 20.8. The van der Waals surface area contributed by atoms with E-state index in [1.807, 2.05) is 0 Å². The molecule has 0 spiro atoms. The van der Waals surface area contributed by atoms with Gasteiger partial charge in [-0.25, -0.2) is 0 Å². The molecule has 0 unspecified atom stereocenters. The van der Waals surface area contributed by atoms with E-state index in [-0.39, 0.29) is 101 Å². The van der Waals surface area contributed by atoms with Crippen LogP contribution in [0.5, 0.6) is 5.75 Å². The van der Waals surface area contributed by atoms with Gasteiger partial charge in [-0.05, 0) is 117 Å². The molecule has 11 amide bonds. The third kappa shape index (κ3) is 27.3. The summed E-state index contributed by atoms with van der Waals surface area (Å²) in [5, 5.41) is 41.2. The first-order chi connectivity index (χ1) is 40.8. The summed E-state index contributed by atoms with van der Waals surface area (Å²) in [7, 11) is 0. The van der Waals surface area contributed by atoms with Crippen LogP contribution in [0, 0.1) is 0 Å². The summed E-state index contributed by atoms with van der Waals surface area (Å²) in [6.45, 7) is 6.66. The lowest BCUT2D eigenvalue weighted by Crippen LogP contribution is -2.59. The average molecular weight is 1230 g/mol. The molecule has 484 valence electrons. The molecule has 0 aliphatic carbocycles. The minimum Gasteiger partial charge on any atom is -0.508 e. The number of phenols is 1. The predicted molar refractivity (Wildman–Crippen MR) is 316 cm³/mol. The lowest BCUT2D eigenvalue weighted by Gasteiger charge is -2.29. The Balaban J connectivity index is 2.23. The molecule has 2 rings (SSSR count). The predicted octanol–water partition coefficient (Wildman–Crippen LogP) is -7.77. The van der Waals surface area contributed by atoms with E-state index >= 15 is 0 Å². The number of aromatic hydroxyl groups is 1. The maximum Gasteiger partial charge on any atom is 0.325 e. The smallest absolute Gasteiger partial charge is 0.325 e. The summed E-state index contributed by atoms with van der Waals surface area (Å²) < 4.78 is 0. The number of phenolic OH excluding ortho intramolecular Hbond substituents is 1. The molecule has 1 aliphatic heterocycles. The number of carboxylic acid groups (broad SMARTS) is 1. The van der Waals surface area contributed by atoms with Crippen LogP contribution in [-0.4, -0.2) is 197 Å². The second kappa shape index (κ2) is 37.0. The molecule has 35 nitrogen and oxygen atoms in total. The minimum absolute atomic E-state index is 0.0207. The number of guanidine groups is 3. The summed E-state index contributed by atoms with van der Waals surface area (Å²) >= 11 is 0. The van der Waals surface area contributed by atoms with Crippen LogP contribution >= 0.6 is 0 Å². The maximum absolute atomic E-state index is 14.0. The summed E-state index contributed by atoms with van der Waals surface area (Å²) in [6, 6.07) is -8.38. The van der Waals surface area contributed by atoms with E-state index in [9.17, 15) is 67.7 Å². The van der Waals surface area contributed by atoms with Gasteiger partial charge in [-0.3, -0.25) is 72.5 Å². The molecule has 0 bridgehead atoms. The molecule has 1 aromatic rings. The van der Waals surface area contributed by atoms with Crippen molar-refractivity contribution in [1.29, 1.82) is 0 Å². The first kappa shape index (κ1) is 73.5. The van der Waals surface area contributed by atoms with Crippen molar-refractivity contribution in [2.75, 3.05) is 26.2 Å². The van der Waals surface area contributed by atoms with E-state index in [0.717, 1.165) is 0 Å². The zero-order valence-corrected chi connectivity index (χ0v) is 49.5. The van der Waals surface area contributed by atoms with E-state index in [2.05, 4.69) is 62.8 Å². The highest BCUT2D eigenvalue weighted by molar-refractivity contribution is 5.99. The Labute approximate surface area is 502 Å². The topological polar surface area (TPSA) is 602 Å². The minimum atomic E-state index is -1.57. The zero-order valence-electron chi connectivity index (χ0n) is 49.5. The molecule has 0 saturated carbocycles. The number of aliphatic imine (C=N–C) groups is 3. The van der Waals surface area contributed by atoms with Crippen molar-refractivity contribution in [2.45, 2.75) is 172 Å². The molecule has 87 heavy (non-hydrogen) atoms. The Morgan fingerprint density at radius 3 is 1.29 bits per heavy atom. The highest BCUT2D eigenvalue weighted by Gasteiger charge is 2.39. The fraction of sp³-hybridized carbons (Fsp3) is 0.596. The van der Waals surface area contributed by atoms with Gasteiger partial charge in [-0.15, -0.1) is 0 Å². The number of carbonyl (C=O) groups excluding carboxylic acids is 11. The van der Waals surface area contributed by atoms with Gasteiger partial charge in [0.2, 0.25) is 65.0 Å². The fourth-order valence-corrected chi connectivity index (χ4v) is 8.46. The number of carboxylic acids is 1. The Kier molecular flexibility index (Phi) is 31.3. The number of rotatable bonds is 37. The van der Waals surface area contributed by atoms with E-state index in [1.165, 1.54) is 51.7 Å². The van der Waals surface area contributed by atoms with Gasteiger partial charge in [0.1, 0.15) is 66.2 Å². The lowest BCUT2D eigenvalue weighted by molar-refractivity contribution is -0.142. The summed E-state index contributed by atoms with van der Waals surface area (Å²) in [6.07, 6.45) is -0.0962. The van der Waals surface area contributed by atoms with Gasteiger partial charge in [0.15, 0.2) is 17.9 Å². The van der Waals surface area contributed by atoms with Crippen molar-refractivity contribution in [1.82, 2.24) is 52.8 Å². The van der Waals surface area contributed by atoms with E-state index < -0.39 is 150 Å². The highest BCUT2D eigenvalue weighted by Crippen LogP contribution is 2.19. The van der Waals surface area contributed by atoms with Gasteiger partial charge in [0.25, 0.3) is 0 Å². The van der Waals surface area contributed by atoms with Gasteiger partial charge < -0.3 is 109 Å². The van der Waals surface area contributed by atoms with Crippen LogP contribution in [-0.2, 0) is 64.0 Å². The number of nitrogens with zero attached hydrogens (tertiary/aromatic N) is 4. The van der Waals surface area contributed by atoms with Crippen LogP contribution in [0.25, 0.3) is 0 Å². The van der Waals surface area contributed by atoms with Crippen LogP contribution in [0.3, 0.4) is 0 Å². The van der Waals surface area contributed by atoms with Gasteiger partial charge in [0, 0.05) is 32.6 Å². The Morgan fingerprint density at radius 2 is 0.874 bits per heavy atom. The van der Waals surface area contributed by atoms with E-state index in [0.29, 0.717) is 12.0 Å². The molecule has 35 heteroatoms. The van der Waals surface area contributed by atoms with Gasteiger partial charge >= 0.3 is 5.97 Å². The number of likely N-dealkylation sites (tertiary alicyclic amines) is 1. The van der Waals surface area contributed by atoms with Crippen molar-refractivity contribution in [2.24, 2.45) is 60.8 Å². The van der Waals surface area contributed by atoms with Crippen LogP contribution in [0.15, 0.2) is 39.2 Å². The SMILES string of the molecule is C[C@H](NC(=O)[C@H](CCCN=C(N)N)NC(=O)[C@H](C)NC(=O)[C@H](CCC(N)=O)NC(=O)[C@H](CCCN=C(N)N)NC(=O)[C@H](C)NC(=O)[C@@H]1CCCN1C(=O)[C@H](C)NC(=O)[C@H](CCCN=C(N)N)NC(=O)[C@H](C)NC(=O)[C@@H](N)Cc1ccc(O)cc1)C(=O)O. The molecule has 1 aliphatic rings. The van der Waals surface area contributed by atoms with E-state index in [4.69, 9.17) is 45.9 Å². The number of aliphatic carboxylic acids is 1. The first-order valence-corrected chi connectivity index (χ1v) is 28.1. The molecular formula is C52H87N21O14. The monoisotopic (exact) mass is 1230 g/mol. The second-order valence-corrected chi connectivity index (χ2v) is 20.8. The summed E-state index contributed by atoms with van der Waals surface area (Å²) in [4.78, 5) is 172. The number of hydrogen-bond acceptors (Lipinski definition) is 17. The number of carbonyl (C=O) groups is 12. The van der Waals surface area contributed by atoms with Gasteiger partial charge in [-0.2, -0.15) is 0 Å². The lowest BCUT2D eigenvalue weighted by atomic mass is 10.1. The third-order valence-corrected chi connectivity index (χ3v) is 13.3. The van der Waals surface area contributed by atoms with Crippen molar-refractivity contribution in [3.63, 3.8) is 0 Å². The van der Waals surface area contributed by atoms with Crippen LogP contribution in [0.4, 0.5) is 0 Å². The molecule has 1 aromatic carbocycles. The average Bonchev–Trinajstić information content (AvgIpc) is 2.54. The normalized spacial score (nSPS) is 16.0. The zero-order chi connectivity index (χ0) is 65.7. The third-order valence-electron chi connectivity index (χ3n) is 13.3. The quantitative estimate of drug-likeness (QED) is 0.0167. The Hall–Kier alpha value is -9.57. The van der Waals surface area contributed by atoms with Crippen molar-refractivity contribution < 1.29 is 67.7 Å². The molecule has 0 radical (unpaired) electrons. The molecule has 0 aromatic heterocycles. The number of nitrogens with two attached hydrogens (primary N) is 8. The number of hydrogen-bond donors (Lipinski definition) is 19. The standard InChI is InChI=1S/C52H87N21O14/c1-25(64-42(79)32(53)24-30-14-16-31(74)17-15-30)39(76)69-33(10-6-20-61-50(55)56)43(80)67-28(4)48(85)73-23-9-13-37(73)47(84)66-27(3)41(78)71-35(12-8-22-63-52(59)60)46(83)72-36(18-19-38(54)75)45(82)65-26(2)40(77)70-34(11-7-21-62-51(57)58)44(81)68-29(5)49(86)87/h14-17,25-29,32-37,74H,6-13,18-24,53H2,1-5H3,(H2,54,75)(H,64,79)(H,65,82)(H,66,84)(H,67,80)(H,68,81)(H,69,76)(H,70,77)(H,71,78)(H,72,83)(H,86,87)(H4,55,56,61)(H4,57,58,62)(H4,59,60,63)/t25-,26-,27-,28-,29-,32-,33-,34-,35-,36-,37-/m0/s1. The maximum atomic E-state index is 14.0. The molecule has 27 N–H and O–H groups in total. The van der Waals surface area contributed by atoms with Crippen molar-refractivity contribution in [3.05, 3.63) is 29.8 Å². The molecule has 1 heterocycles. The molecule has 1 saturated heterocycles. The fourth-order valence-electron chi connectivity index (χ4n) is 8.46. The van der Waals surface area contributed by atoms with Crippen molar-refractivity contribution in [3.8, 4) is 5.75 Å². The highest BCUT2D eigenvalue weighted by atomic mass is 16.4. The van der Waals surface area contributed by atoms with E-state index in [1.54, 1.807) is 12.1 Å². The number of nitrogens with one attached hydrogen (secondary N) is 9. The number of benzene rings is 1. The summed E-state index contributed by atoms with van der Waals surface area (Å²) in [5.41, 5.74) is 44.7. The van der Waals surface area contributed by atoms with Crippen LogP contribution in [0.2, 0.25) is 0 Å². The number of primary amides is 1. The Bertz CT molecular complexity index is 2660. The van der Waals surface area contributed by atoms with Gasteiger partial charge in [-0.1, -0.05) is 12.1 Å². The summed E-state index contributed by atoms with van der Waals surface area (Å²) in [5.74, 6) is -11.3. The molecular weight excluding hydrogens is 1140 g/mol. The Morgan fingerprint density at radius 1 is 0.506 bits per heavy atom. The number of amides is 11. The van der Waals surface area contributed by atoms with Gasteiger partial charge in [0.05, 0.1) is 6.04 Å². The van der Waals surface area contributed by atoms with Crippen LogP contribution in [0.1, 0.15) is 104 Å².